The van der Waals surface area contributed by atoms with Gasteiger partial charge in [0.05, 0.1) is 11.0 Å². The van der Waals surface area contributed by atoms with Crippen LogP contribution in [0.2, 0.25) is 0 Å². The standard InChI is InChI=1S/C21H24FN3O2/c1-14-4-7-16(8-5-14)23-20(26)10-12-25-19-13-15(22)6-9-17(19)24-11-2-3-18(24)21(25)27/h2-3,6,9,11,13-14,16H,4-5,7-8,10,12H2,1H3,(H,23,26). The third kappa shape index (κ3) is 3.48. The fraction of sp³-hybridized carbons (Fsp3) is 0.429. The van der Waals surface area contributed by atoms with Gasteiger partial charge in [-0.2, -0.15) is 0 Å². The van der Waals surface area contributed by atoms with E-state index in [-0.39, 0.29) is 30.5 Å². The number of benzene rings is 1. The molecule has 0 unspecified atom stereocenters. The molecule has 2 aromatic heterocycles. The first kappa shape index (κ1) is 17.8. The summed E-state index contributed by atoms with van der Waals surface area (Å²) in [6, 6.07) is 8.17. The second-order valence-corrected chi connectivity index (χ2v) is 7.63. The van der Waals surface area contributed by atoms with Gasteiger partial charge in [-0.05, 0) is 61.9 Å². The Morgan fingerprint density at radius 1 is 1.15 bits per heavy atom. The first-order valence-electron chi connectivity index (χ1n) is 9.61. The number of hydrogen-bond acceptors (Lipinski definition) is 2. The van der Waals surface area contributed by atoms with Crippen LogP contribution in [0.25, 0.3) is 16.6 Å². The van der Waals surface area contributed by atoms with Gasteiger partial charge in [0.25, 0.3) is 5.56 Å². The van der Waals surface area contributed by atoms with Crippen molar-refractivity contribution in [3.05, 3.63) is 52.7 Å². The van der Waals surface area contributed by atoms with Crippen molar-refractivity contribution in [2.24, 2.45) is 5.92 Å². The Labute approximate surface area is 156 Å². The Hall–Kier alpha value is -2.63. The van der Waals surface area contributed by atoms with Crippen LogP contribution in [0.3, 0.4) is 0 Å². The van der Waals surface area contributed by atoms with Crippen molar-refractivity contribution in [3.8, 4) is 0 Å². The third-order valence-corrected chi connectivity index (χ3v) is 5.64. The fourth-order valence-corrected chi connectivity index (χ4v) is 4.07. The van der Waals surface area contributed by atoms with Crippen molar-refractivity contribution in [3.63, 3.8) is 0 Å². The molecule has 1 aromatic carbocycles. The zero-order chi connectivity index (χ0) is 19.0. The molecular weight excluding hydrogens is 345 g/mol. The maximum atomic E-state index is 13.8. The molecule has 0 radical (unpaired) electrons. The summed E-state index contributed by atoms with van der Waals surface area (Å²) in [5.74, 6) is 0.274. The van der Waals surface area contributed by atoms with Gasteiger partial charge in [-0.1, -0.05) is 6.92 Å². The molecule has 0 bridgehead atoms. The largest absolute Gasteiger partial charge is 0.353 e. The van der Waals surface area contributed by atoms with Crippen molar-refractivity contribution >= 4 is 22.5 Å². The van der Waals surface area contributed by atoms with E-state index in [1.807, 2.05) is 0 Å². The van der Waals surface area contributed by atoms with Gasteiger partial charge in [0.1, 0.15) is 11.3 Å². The van der Waals surface area contributed by atoms with Crippen molar-refractivity contribution in [2.75, 3.05) is 0 Å². The van der Waals surface area contributed by atoms with Crippen molar-refractivity contribution in [1.82, 2.24) is 14.3 Å². The summed E-state index contributed by atoms with van der Waals surface area (Å²) >= 11 is 0. The molecule has 0 saturated heterocycles. The number of amides is 1. The molecule has 0 aliphatic heterocycles. The third-order valence-electron chi connectivity index (χ3n) is 5.64. The average molecular weight is 369 g/mol. The van der Waals surface area contributed by atoms with Crippen molar-refractivity contribution < 1.29 is 9.18 Å². The number of fused-ring (bicyclic) bond motifs is 3. The van der Waals surface area contributed by atoms with Crippen LogP contribution in [0.15, 0.2) is 41.3 Å². The predicted molar refractivity (Wildman–Crippen MR) is 103 cm³/mol. The number of rotatable bonds is 4. The highest BCUT2D eigenvalue weighted by molar-refractivity contribution is 5.80. The maximum Gasteiger partial charge on any atom is 0.275 e. The maximum absolute atomic E-state index is 13.8. The normalized spacial score (nSPS) is 20.2. The monoisotopic (exact) mass is 369 g/mol. The Morgan fingerprint density at radius 2 is 1.93 bits per heavy atom. The molecule has 1 aliphatic carbocycles. The number of aromatic nitrogens is 2. The van der Waals surface area contributed by atoms with Gasteiger partial charge in [0.15, 0.2) is 0 Å². The van der Waals surface area contributed by atoms with Crippen LogP contribution in [0, 0.1) is 11.7 Å². The summed E-state index contributed by atoms with van der Waals surface area (Å²) in [5.41, 5.74) is 1.56. The molecule has 142 valence electrons. The minimum Gasteiger partial charge on any atom is -0.353 e. The Balaban J connectivity index is 1.57. The second-order valence-electron chi connectivity index (χ2n) is 7.63. The molecule has 3 aromatic rings. The van der Waals surface area contributed by atoms with Crippen LogP contribution in [0.4, 0.5) is 4.39 Å². The molecule has 1 N–H and O–H groups in total. The second kappa shape index (κ2) is 7.18. The summed E-state index contributed by atoms with van der Waals surface area (Å²) in [4.78, 5) is 25.2. The van der Waals surface area contributed by atoms with Crippen LogP contribution in [0.1, 0.15) is 39.0 Å². The van der Waals surface area contributed by atoms with Gasteiger partial charge in [-0.25, -0.2) is 4.39 Å². The van der Waals surface area contributed by atoms with E-state index in [4.69, 9.17) is 0 Å². The topological polar surface area (TPSA) is 55.5 Å². The van der Waals surface area contributed by atoms with Crippen LogP contribution < -0.4 is 10.9 Å². The number of nitrogens with one attached hydrogen (secondary N) is 1. The molecule has 27 heavy (non-hydrogen) atoms. The van der Waals surface area contributed by atoms with Gasteiger partial charge < -0.3 is 14.3 Å². The highest BCUT2D eigenvalue weighted by Crippen LogP contribution is 2.23. The van der Waals surface area contributed by atoms with E-state index in [1.54, 1.807) is 28.8 Å². The van der Waals surface area contributed by atoms with Gasteiger partial charge in [-0.15, -0.1) is 0 Å². The van der Waals surface area contributed by atoms with E-state index < -0.39 is 5.82 Å². The average Bonchev–Trinajstić information content (AvgIpc) is 3.13. The highest BCUT2D eigenvalue weighted by Gasteiger charge is 2.20. The zero-order valence-electron chi connectivity index (χ0n) is 15.5. The van der Waals surface area contributed by atoms with Gasteiger partial charge in [0.2, 0.25) is 5.91 Å². The summed E-state index contributed by atoms with van der Waals surface area (Å²) in [6.07, 6.45) is 6.29. The molecule has 1 aliphatic rings. The molecule has 4 rings (SSSR count). The Morgan fingerprint density at radius 3 is 2.70 bits per heavy atom. The SMILES string of the molecule is CC1CCC(NC(=O)CCn2c(=O)c3cccn3c3ccc(F)cc32)CC1. The van der Waals surface area contributed by atoms with Crippen LogP contribution >= 0.6 is 0 Å². The number of hydrogen-bond donors (Lipinski definition) is 1. The van der Waals surface area contributed by atoms with Crippen LogP contribution in [0.5, 0.6) is 0 Å². The molecule has 2 heterocycles. The number of halogens is 1. The van der Waals surface area contributed by atoms with Crippen LogP contribution in [-0.2, 0) is 11.3 Å². The van der Waals surface area contributed by atoms with E-state index in [0.29, 0.717) is 11.0 Å². The van der Waals surface area contributed by atoms with Gasteiger partial charge >= 0.3 is 0 Å². The van der Waals surface area contributed by atoms with Crippen molar-refractivity contribution in [2.45, 2.75) is 51.6 Å². The lowest BCUT2D eigenvalue weighted by molar-refractivity contribution is -0.122. The molecule has 1 amide bonds. The molecular formula is C21H24FN3O2. The van der Waals surface area contributed by atoms with E-state index >= 15 is 0 Å². The molecule has 5 nitrogen and oxygen atoms in total. The summed E-state index contributed by atoms with van der Waals surface area (Å²) in [7, 11) is 0. The lowest BCUT2D eigenvalue weighted by atomic mass is 9.87. The number of nitrogens with zero attached hydrogens (tertiary/aromatic N) is 2. The van der Waals surface area contributed by atoms with Gasteiger partial charge in [-0.3, -0.25) is 9.59 Å². The van der Waals surface area contributed by atoms with E-state index in [2.05, 4.69) is 12.2 Å². The molecule has 0 atom stereocenters. The zero-order valence-corrected chi connectivity index (χ0v) is 15.5. The number of carbonyl (C=O) groups is 1. The lowest BCUT2D eigenvalue weighted by Gasteiger charge is -2.27. The minimum absolute atomic E-state index is 0.0544. The summed E-state index contributed by atoms with van der Waals surface area (Å²) < 4.78 is 17.1. The first-order valence-corrected chi connectivity index (χ1v) is 9.61. The fourth-order valence-electron chi connectivity index (χ4n) is 4.07. The first-order chi connectivity index (χ1) is 13.0. The minimum atomic E-state index is -0.400. The van der Waals surface area contributed by atoms with Gasteiger partial charge in [0, 0.05) is 25.2 Å². The molecule has 1 fully saturated rings. The highest BCUT2D eigenvalue weighted by atomic mass is 19.1. The predicted octanol–water partition coefficient (Wildman–Crippen LogP) is 3.48. The Kier molecular flexibility index (Phi) is 4.72. The molecule has 1 saturated carbocycles. The van der Waals surface area contributed by atoms with E-state index in [0.717, 1.165) is 37.1 Å². The number of aryl methyl sites for hydroxylation is 1. The quantitative estimate of drug-likeness (QED) is 0.765. The number of carbonyl (C=O) groups excluding carboxylic acids is 1. The lowest BCUT2D eigenvalue weighted by Crippen LogP contribution is -2.38. The van der Waals surface area contributed by atoms with Crippen LogP contribution in [-0.4, -0.2) is 20.9 Å². The molecule has 0 spiro atoms. The summed E-state index contributed by atoms with van der Waals surface area (Å²) in [6.45, 7) is 2.47. The Bertz CT molecular complexity index is 1040. The summed E-state index contributed by atoms with van der Waals surface area (Å²) in [5, 5.41) is 3.09. The van der Waals surface area contributed by atoms with E-state index in [1.165, 1.54) is 16.7 Å². The van der Waals surface area contributed by atoms with Crippen molar-refractivity contribution in [1.29, 1.82) is 0 Å². The molecule has 6 heteroatoms. The van der Waals surface area contributed by atoms with E-state index in [9.17, 15) is 14.0 Å². The smallest absolute Gasteiger partial charge is 0.275 e.